The first-order valence-corrected chi connectivity index (χ1v) is 7.87. The number of benzene rings is 1. The Morgan fingerprint density at radius 3 is 2.85 bits per heavy atom. The first kappa shape index (κ1) is 13.3. The van der Waals surface area contributed by atoms with Crippen LogP contribution in [0.25, 0.3) is 10.6 Å². The Kier molecular flexibility index (Phi) is 3.34. The number of hydrogen-bond acceptors (Lipinski definition) is 3. The van der Waals surface area contributed by atoms with Gasteiger partial charge in [-0.15, -0.1) is 11.3 Å². The van der Waals surface area contributed by atoms with Crippen LogP contribution in [0.4, 0.5) is 5.69 Å². The van der Waals surface area contributed by atoms with Gasteiger partial charge in [0, 0.05) is 23.2 Å². The molecular formula is C16H18N2OS. The minimum absolute atomic E-state index is 0.190. The summed E-state index contributed by atoms with van der Waals surface area (Å²) in [5.41, 5.74) is 4.42. The van der Waals surface area contributed by atoms with Gasteiger partial charge in [0.05, 0.1) is 12.1 Å². The summed E-state index contributed by atoms with van der Waals surface area (Å²) in [6.07, 6.45) is 0.496. The van der Waals surface area contributed by atoms with Gasteiger partial charge in [0.2, 0.25) is 5.91 Å². The molecule has 0 unspecified atom stereocenters. The summed E-state index contributed by atoms with van der Waals surface area (Å²) in [5, 5.41) is 3.14. The molecule has 2 aromatic rings. The van der Waals surface area contributed by atoms with Gasteiger partial charge in [-0.25, -0.2) is 4.98 Å². The fraction of sp³-hybridized carbons (Fsp3) is 0.375. The number of likely N-dealkylation sites (N-methyl/N-ethyl adjacent to an activating group) is 1. The molecule has 104 valence electrons. The monoisotopic (exact) mass is 286 g/mol. The lowest BCUT2D eigenvalue weighted by atomic mass is 10.1. The Morgan fingerprint density at radius 1 is 1.40 bits per heavy atom. The van der Waals surface area contributed by atoms with Crippen LogP contribution < -0.4 is 4.90 Å². The number of aromatic nitrogens is 1. The molecule has 0 saturated heterocycles. The molecular weight excluding hydrogens is 268 g/mol. The van der Waals surface area contributed by atoms with Crippen molar-refractivity contribution in [2.24, 2.45) is 0 Å². The predicted octanol–water partition coefficient (Wildman–Crippen LogP) is 3.84. The topological polar surface area (TPSA) is 33.2 Å². The van der Waals surface area contributed by atoms with Crippen LogP contribution in [0, 0.1) is 0 Å². The zero-order chi connectivity index (χ0) is 14.3. The standard InChI is InChI=1S/C16H18N2OS/c1-4-18-14-7-5-6-11(12(14)8-15(18)19)16-17-13(9-20-16)10(2)3/h5-7,9-10H,4,8H2,1-3H3. The fourth-order valence-corrected chi connectivity index (χ4v) is 3.65. The van der Waals surface area contributed by atoms with Gasteiger partial charge in [-0.3, -0.25) is 4.79 Å². The van der Waals surface area contributed by atoms with Gasteiger partial charge in [0.1, 0.15) is 5.01 Å². The molecule has 1 aliphatic rings. The van der Waals surface area contributed by atoms with Crippen molar-refractivity contribution >= 4 is 22.9 Å². The lowest BCUT2D eigenvalue weighted by Gasteiger charge is -2.14. The van der Waals surface area contributed by atoms with Crippen LogP contribution in [-0.2, 0) is 11.2 Å². The normalized spacial score (nSPS) is 14.2. The third-order valence-corrected chi connectivity index (χ3v) is 4.63. The van der Waals surface area contributed by atoms with E-state index in [1.165, 1.54) is 0 Å². The first-order valence-electron chi connectivity index (χ1n) is 6.99. The van der Waals surface area contributed by atoms with Crippen molar-refractivity contribution in [3.05, 3.63) is 34.8 Å². The second-order valence-electron chi connectivity index (χ2n) is 5.35. The zero-order valence-electron chi connectivity index (χ0n) is 12.0. The highest BCUT2D eigenvalue weighted by Gasteiger charge is 2.28. The van der Waals surface area contributed by atoms with Gasteiger partial charge in [-0.05, 0) is 24.5 Å². The zero-order valence-corrected chi connectivity index (χ0v) is 12.8. The molecule has 0 bridgehead atoms. The molecule has 0 atom stereocenters. The molecule has 0 radical (unpaired) electrons. The minimum atomic E-state index is 0.190. The van der Waals surface area contributed by atoms with E-state index in [4.69, 9.17) is 4.98 Å². The maximum atomic E-state index is 12.1. The average Bonchev–Trinajstić information content (AvgIpc) is 3.01. The van der Waals surface area contributed by atoms with Crippen molar-refractivity contribution in [2.45, 2.75) is 33.1 Å². The van der Waals surface area contributed by atoms with Crippen molar-refractivity contribution < 1.29 is 4.79 Å². The van der Waals surface area contributed by atoms with Crippen LogP contribution in [0.2, 0.25) is 0 Å². The summed E-state index contributed by atoms with van der Waals surface area (Å²) >= 11 is 1.67. The quantitative estimate of drug-likeness (QED) is 0.859. The molecule has 0 aliphatic carbocycles. The molecule has 2 heterocycles. The van der Waals surface area contributed by atoms with Crippen LogP contribution in [0.15, 0.2) is 23.6 Å². The fourth-order valence-electron chi connectivity index (χ4n) is 2.62. The van der Waals surface area contributed by atoms with Crippen molar-refractivity contribution in [2.75, 3.05) is 11.4 Å². The van der Waals surface area contributed by atoms with Gasteiger partial charge in [0.15, 0.2) is 0 Å². The minimum Gasteiger partial charge on any atom is -0.312 e. The van der Waals surface area contributed by atoms with E-state index in [-0.39, 0.29) is 5.91 Å². The van der Waals surface area contributed by atoms with Crippen LogP contribution in [0.1, 0.15) is 37.9 Å². The molecule has 3 rings (SSSR count). The van der Waals surface area contributed by atoms with E-state index in [0.29, 0.717) is 12.3 Å². The number of hydrogen-bond donors (Lipinski definition) is 0. The van der Waals surface area contributed by atoms with E-state index in [1.54, 1.807) is 11.3 Å². The average molecular weight is 286 g/mol. The molecule has 0 saturated carbocycles. The summed E-state index contributed by atoms with van der Waals surface area (Å²) < 4.78 is 0. The van der Waals surface area contributed by atoms with Crippen molar-refractivity contribution in [1.82, 2.24) is 4.98 Å². The van der Waals surface area contributed by atoms with Crippen molar-refractivity contribution in [3.63, 3.8) is 0 Å². The molecule has 3 nitrogen and oxygen atoms in total. The van der Waals surface area contributed by atoms with Crippen molar-refractivity contribution in [1.29, 1.82) is 0 Å². The highest BCUT2D eigenvalue weighted by molar-refractivity contribution is 7.13. The number of rotatable bonds is 3. The van der Waals surface area contributed by atoms with Gasteiger partial charge >= 0.3 is 0 Å². The Balaban J connectivity index is 2.08. The Morgan fingerprint density at radius 2 is 2.20 bits per heavy atom. The second kappa shape index (κ2) is 5.02. The molecule has 0 spiro atoms. The van der Waals surface area contributed by atoms with Crippen LogP contribution in [0.3, 0.4) is 0 Å². The Bertz CT molecular complexity index is 660. The van der Waals surface area contributed by atoms with E-state index in [1.807, 2.05) is 24.0 Å². The summed E-state index contributed by atoms with van der Waals surface area (Å²) in [6, 6.07) is 6.13. The van der Waals surface area contributed by atoms with Gasteiger partial charge < -0.3 is 4.90 Å². The van der Waals surface area contributed by atoms with E-state index in [2.05, 4.69) is 25.3 Å². The first-order chi connectivity index (χ1) is 9.61. The number of anilines is 1. The van der Waals surface area contributed by atoms with Crippen LogP contribution >= 0.6 is 11.3 Å². The molecule has 1 aliphatic heterocycles. The number of carbonyl (C=O) groups excluding carboxylic acids is 1. The van der Waals surface area contributed by atoms with Crippen LogP contribution in [-0.4, -0.2) is 17.4 Å². The molecule has 1 amide bonds. The molecule has 4 heteroatoms. The van der Waals surface area contributed by atoms with Gasteiger partial charge in [-0.2, -0.15) is 0 Å². The maximum absolute atomic E-state index is 12.1. The highest BCUT2D eigenvalue weighted by Crippen LogP contribution is 2.38. The number of thiazole rings is 1. The molecule has 20 heavy (non-hydrogen) atoms. The lowest BCUT2D eigenvalue weighted by molar-refractivity contribution is -0.117. The number of fused-ring (bicyclic) bond motifs is 1. The van der Waals surface area contributed by atoms with Crippen molar-refractivity contribution in [3.8, 4) is 10.6 Å². The molecule has 0 fully saturated rings. The van der Waals surface area contributed by atoms with Gasteiger partial charge in [-0.1, -0.05) is 26.0 Å². The van der Waals surface area contributed by atoms with E-state index in [9.17, 15) is 4.79 Å². The summed E-state index contributed by atoms with van der Waals surface area (Å²) in [5.74, 6) is 0.626. The van der Waals surface area contributed by atoms with E-state index < -0.39 is 0 Å². The van der Waals surface area contributed by atoms with Gasteiger partial charge in [0.25, 0.3) is 0 Å². The SMILES string of the molecule is CCN1C(=O)Cc2c(-c3nc(C(C)C)cs3)cccc21. The van der Waals surface area contributed by atoms with E-state index >= 15 is 0 Å². The smallest absolute Gasteiger partial charge is 0.231 e. The number of amides is 1. The molecule has 1 aromatic carbocycles. The lowest BCUT2D eigenvalue weighted by Crippen LogP contribution is -2.25. The highest BCUT2D eigenvalue weighted by atomic mass is 32.1. The molecule has 1 aromatic heterocycles. The Hall–Kier alpha value is -1.68. The van der Waals surface area contributed by atoms with Crippen LogP contribution in [0.5, 0.6) is 0 Å². The number of carbonyl (C=O) groups is 1. The predicted molar refractivity (Wildman–Crippen MR) is 83.4 cm³/mol. The summed E-state index contributed by atoms with van der Waals surface area (Å²) in [6.45, 7) is 7.04. The molecule has 0 N–H and O–H groups in total. The number of nitrogens with zero attached hydrogens (tertiary/aromatic N) is 2. The second-order valence-corrected chi connectivity index (χ2v) is 6.21. The largest absolute Gasteiger partial charge is 0.312 e. The summed E-state index contributed by atoms with van der Waals surface area (Å²) in [4.78, 5) is 18.6. The Labute approximate surface area is 123 Å². The third-order valence-electron chi connectivity index (χ3n) is 3.73. The van der Waals surface area contributed by atoms with E-state index in [0.717, 1.165) is 34.1 Å². The summed E-state index contributed by atoms with van der Waals surface area (Å²) in [7, 11) is 0. The third kappa shape index (κ3) is 2.04. The maximum Gasteiger partial charge on any atom is 0.231 e.